The molecule has 0 saturated heterocycles. The van der Waals surface area contributed by atoms with Gasteiger partial charge in [0.1, 0.15) is 17.2 Å². The van der Waals surface area contributed by atoms with Crippen LogP contribution in [-0.2, 0) is 23.3 Å². The summed E-state index contributed by atoms with van der Waals surface area (Å²) in [5, 5.41) is 3.56. The van der Waals surface area contributed by atoms with E-state index in [-0.39, 0.29) is 18.5 Å². The maximum Gasteiger partial charge on any atom is 0.425 e. The van der Waals surface area contributed by atoms with E-state index in [0.717, 1.165) is 34.4 Å². The molecule has 0 bridgehead atoms. The lowest BCUT2D eigenvalue weighted by molar-refractivity contribution is -0.196. The standard InChI is InChI=1S/C22H16F4N4O4/c23-14-8-6-13(7-9-14)17(31)29-21(22(24,25)26)15-16(27-19(21)33)30(20(34)28-18(15)32)11-10-12-4-2-1-3-5-12/h1-9H,10-11H2,(H,27,33)(H,29,31)(H,28,32,34)/t21-/m0/s1. The third-order valence-electron chi connectivity index (χ3n) is 5.45. The number of nitrogens with one attached hydrogen (secondary N) is 3. The van der Waals surface area contributed by atoms with E-state index in [1.54, 1.807) is 40.6 Å². The molecule has 34 heavy (non-hydrogen) atoms. The van der Waals surface area contributed by atoms with Gasteiger partial charge in [0.2, 0.25) is 0 Å². The Balaban J connectivity index is 1.82. The van der Waals surface area contributed by atoms with Crippen molar-refractivity contribution in [3.63, 3.8) is 0 Å². The lowest BCUT2D eigenvalue weighted by Crippen LogP contribution is -2.62. The van der Waals surface area contributed by atoms with Gasteiger partial charge in [0.05, 0.1) is 0 Å². The molecule has 1 aliphatic heterocycles. The van der Waals surface area contributed by atoms with Crippen molar-refractivity contribution in [3.8, 4) is 0 Å². The quantitative estimate of drug-likeness (QED) is 0.490. The Labute approximate surface area is 188 Å². The number of rotatable bonds is 5. The number of aryl methyl sites for hydroxylation is 1. The molecule has 0 fully saturated rings. The van der Waals surface area contributed by atoms with E-state index in [4.69, 9.17) is 0 Å². The second-order valence-electron chi connectivity index (χ2n) is 7.53. The molecule has 0 aliphatic carbocycles. The first kappa shape index (κ1) is 23.0. The number of hydrogen-bond donors (Lipinski definition) is 3. The molecule has 1 atom stereocenters. The molecular formula is C22H16F4N4O4. The first-order chi connectivity index (χ1) is 16.0. The van der Waals surface area contributed by atoms with E-state index in [1.165, 1.54) is 0 Å². The highest BCUT2D eigenvalue weighted by molar-refractivity contribution is 6.09. The zero-order chi connectivity index (χ0) is 24.7. The molecule has 3 N–H and O–H groups in total. The number of nitrogens with zero attached hydrogens (tertiary/aromatic N) is 1. The Morgan fingerprint density at radius 2 is 1.65 bits per heavy atom. The van der Waals surface area contributed by atoms with Gasteiger partial charge in [-0.25, -0.2) is 9.18 Å². The first-order valence-corrected chi connectivity index (χ1v) is 9.92. The van der Waals surface area contributed by atoms with Gasteiger partial charge in [0.25, 0.3) is 22.9 Å². The van der Waals surface area contributed by atoms with Crippen LogP contribution in [0.1, 0.15) is 21.5 Å². The second-order valence-corrected chi connectivity index (χ2v) is 7.53. The molecule has 176 valence electrons. The highest BCUT2D eigenvalue weighted by Gasteiger charge is 2.68. The van der Waals surface area contributed by atoms with E-state index >= 15 is 0 Å². The molecule has 4 rings (SSSR count). The van der Waals surface area contributed by atoms with Gasteiger partial charge in [-0.1, -0.05) is 30.3 Å². The van der Waals surface area contributed by atoms with Crippen LogP contribution in [0.15, 0.2) is 64.2 Å². The van der Waals surface area contributed by atoms with Gasteiger partial charge >= 0.3 is 11.9 Å². The minimum Gasteiger partial charge on any atom is -0.326 e. The summed E-state index contributed by atoms with van der Waals surface area (Å²) in [5.74, 6) is -4.52. The Bertz CT molecular complexity index is 1380. The number of aromatic amines is 1. The number of anilines is 1. The largest absolute Gasteiger partial charge is 0.425 e. The van der Waals surface area contributed by atoms with Gasteiger partial charge in [0.15, 0.2) is 0 Å². The number of halogens is 4. The zero-order valence-corrected chi connectivity index (χ0v) is 17.2. The van der Waals surface area contributed by atoms with Gasteiger partial charge in [-0.2, -0.15) is 13.2 Å². The summed E-state index contributed by atoms with van der Waals surface area (Å²) < 4.78 is 57.1. The van der Waals surface area contributed by atoms with Crippen LogP contribution in [0.4, 0.5) is 23.4 Å². The SMILES string of the molecule is O=C(N[C@]1(C(F)(F)F)C(=O)Nc2c1c(=O)[nH]c(=O)n2CCc1ccccc1)c1ccc(F)cc1. The lowest BCUT2D eigenvalue weighted by atomic mass is 9.91. The van der Waals surface area contributed by atoms with E-state index in [9.17, 15) is 36.7 Å². The predicted octanol–water partition coefficient (Wildman–Crippen LogP) is 2.06. The number of alkyl halides is 3. The Morgan fingerprint density at radius 3 is 2.26 bits per heavy atom. The Morgan fingerprint density at radius 1 is 1.00 bits per heavy atom. The van der Waals surface area contributed by atoms with Crippen molar-refractivity contribution in [1.82, 2.24) is 14.9 Å². The fourth-order valence-corrected chi connectivity index (χ4v) is 3.77. The van der Waals surface area contributed by atoms with Gasteiger partial charge < -0.3 is 10.6 Å². The van der Waals surface area contributed by atoms with Crippen molar-refractivity contribution in [2.45, 2.75) is 24.7 Å². The first-order valence-electron chi connectivity index (χ1n) is 9.92. The Hall–Kier alpha value is -4.22. The van der Waals surface area contributed by atoms with Crippen LogP contribution in [0, 0.1) is 5.82 Å². The predicted molar refractivity (Wildman–Crippen MR) is 112 cm³/mol. The maximum absolute atomic E-state index is 14.4. The van der Waals surface area contributed by atoms with E-state index in [0.29, 0.717) is 0 Å². The average molecular weight is 476 g/mol. The number of hydrogen-bond acceptors (Lipinski definition) is 4. The highest BCUT2D eigenvalue weighted by atomic mass is 19.4. The topological polar surface area (TPSA) is 113 Å². The summed E-state index contributed by atoms with van der Waals surface area (Å²) in [6.45, 7) is -0.165. The molecule has 1 aliphatic rings. The fraction of sp³-hybridized carbons (Fsp3) is 0.182. The molecule has 2 aromatic carbocycles. The molecule has 2 heterocycles. The summed E-state index contributed by atoms with van der Waals surface area (Å²) in [4.78, 5) is 52.1. The number of benzene rings is 2. The molecule has 0 radical (unpaired) electrons. The molecule has 0 unspecified atom stereocenters. The number of carbonyl (C=O) groups is 2. The lowest BCUT2D eigenvalue weighted by Gasteiger charge is -2.30. The van der Waals surface area contributed by atoms with Crippen molar-refractivity contribution in [2.75, 3.05) is 5.32 Å². The number of amides is 2. The molecule has 3 aromatic rings. The summed E-state index contributed by atoms with van der Waals surface area (Å²) in [6, 6.07) is 12.2. The van der Waals surface area contributed by atoms with Crippen molar-refractivity contribution < 1.29 is 27.2 Å². The average Bonchev–Trinajstić information content (AvgIpc) is 3.08. The van der Waals surface area contributed by atoms with Crippen LogP contribution in [0.2, 0.25) is 0 Å². The molecule has 12 heteroatoms. The summed E-state index contributed by atoms with van der Waals surface area (Å²) in [6.07, 6.45) is -5.26. The molecule has 0 spiro atoms. The molecule has 2 amide bonds. The maximum atomic E-state index is 14.4. The van der Waals surface area contributed by atoms with Gasteiger partial charge in [-0.3, -0.25) is 23.9 Å². The van der Waals surface area contributed by atoms with Crippen molar-refractivity contribution in [3.05, 3.63) is 97.9 Å². The molecule has 8 nitrogen and oxygen atoms in total. The third-order valence-corrected chi connectivity index (χ3v) is 5.45. The van der Waals surface area contributed by atoms with E-state index in [2.05, 4.69) is 0 Å². The number of H-pyrrole nitrogens is 1. The van der Waals surface area contributed by atoms with Crippen LogP contribution >= 0.6 is 0 Å². The minimum atomic E-state index is -5.47. The fourth-order valence-electron chi connectivity index (χ4n) is 3.77. The number of aromatic nitrogens is 2. The van der Waals surface area contributed by atoms with Crippen molar-refractivity contribution >= 4 is 17.6 Å². The van der Waals surface area contributed by atoms with Crippen LogP contribution in [0.3, 0.4) is 0 Å². The Kier molecular flexibility index (Phi) is 5.59. The zero-order valence-electron chi connectivity index (χ0n) is 17.2. The van der Waals surface area contributed by atoms with E-state index in [1.807, 2.05) is 5.32 Å². The summed E-state index contributed by atoms with van der Waals surface area (Å²) in [7, 11) is 0. The van der Waals surface area contributed by atoms with Crippen molar-refractivity contribution in [1.29, 1.82) is 0 Å². The number of carbonyl (C=O) groups excluding carboxylic acids is 2. The molecule has 1 aromatic heterocycles. The van der Waals surface area contributed by atoms with Crippen molar-refractivity contribution in [2.24, 2.45) is 0 Å². The third kappa shape index (κ3) is 3.76. The monoisotopic (exact) mass is 476 g/mol. The summed E-state index contributed by atoms with van der Waals surface area (Å²) in [5.41, 5.74) is -7.06. The van der Waals surface area contributed by atoms with Crippen LogP contribution in [0.5, 0.6) is 0 Å². The number of fused-ring (bicyclic) bond motifs is 1. The molecular weight excluding hydrogens is 460 g/mol. The van der Waals surface area contributed by atoms with E-state index < -0.39 is 52.0 Å². The minimum absolute atomic E-state index is 0.165. The van der Waals surface area contributed by atoms with Crippen LogP contribution in [-0.4, -0.2) is 27.5 Å². The van der Waals surface area contributed by atoms with Crippen LogP contribution < -0.4 is 21.9 Å². The van der Waals surface area contributed by atoms with Gasteiger partial charge in [0, 0.05) is 12.1 Å². The van der Waals surface area contributed by atoms with Gasteiger partial charge in [-0.15, -0.1) is 0 Å². The highest BCUT2D eigenvalue weighted by Crippen LogP contribution is 2.45. The smallest absolute Gasteiger partial charge is 0.326 e. The van der Waals surface area contributed by atoms with Gasteiger partial charge in [-0.05, 0) is 36.2 Å². The second kappa shape index (κ2) is 8.28. The van der Waals surface area contributed by atoms with Crippen LogP contribution in [0.25, 0.3) is 0 Å². The molecule has 0 saturated carbocycles. The summed E-state index contributed by atoms with van der Waals surface area (Å²) >= 11 is 0. The normalized spacial score (nSPS) is 17.2.